The van der Waals surface area contributed by atoms with Crippen molar-refractivity contribution in [3.8, 4) is 11.3 Å². The number of carbonyl (C=O) groups is 2. The Morgan fingerprint density at radius 1 is 1.24 bits per heavy atom. The SMILES string of the molecule is O=C(O)[C@H]1CN(C(=O)c2cc(-c3cccc(Cl)c3)on2)C[C@@H]1C1CC1. The van der Waals surface area contributed by atoms with E-state index in [4.69, 9.17) is 16.1 Å². The Hall–Kier alpha value is -2.34. The van der Waals surface area contributed by atoms with Crippen LogP contribution in [0.25, 0.3) is 11.3 Å². The number of amides is 1. The zero-order valence-electron chi connectivity index (χ0n) is 13.4. The number of rotatable bonds is 4. The number of aromatic nitrogens is 1. The van der Waals surface area contributed by atoms with Gasteiger partial charge in [-0.3, -0.25) is 9.59 Å². The number of likely N-dealkylation sites (tertiary alicyclic amines) is 1. The summed E-state index contributed by atoms with van der Waals surface area (Å²) < 4.78 is 5.27. The van der Waals surface area contributed by atoms with Gasteiger partial charge in [0.1, 0.15) is 0 Å². The predicted octanol–water partition coefficient (Wildman–Crippen LogP) is 3.18. The molecule has 1 N–H and O–H groups in total. The first-order chi connectivity index (χ1) is 12.0. The zero-order chi connectivity index (χ0) is 17.6. The van der Waals surface area contributed by atoms with Crippen molar-refractivity contribution in [1.29, 1.82) is 0 Å². The maximum atomic E-state index is 12.7. The standard InChI is InChI=1S/C18H17ClN2O4/c19-12-3-1-2-11(6-12)16-7-15(20-25-16)17(22)21-8-13(10-4-5-10)14(9-21)18(23)24/h1-3,6-7,10,13-14H,4-5,8-9H2,(H,23,24)/t13-,14+/m1/s1. The van der Waals surface area contributed by atoms with Crippen molar-refractivity contribution >= 4 is 23.5 Å². The molecule has 2 aromatic rings. The van der Waals surface area contributed by atoms with Gasteiger partial charge in [-0.15, -0.1) is 0 Å². The maximum Gasteiger partial charge on any atom is 0.308 e. The van der Waals surface area contributed by atoms with Crippen molar-refractivity contribution < 1.29 is 19.2 Å². The van der Waals surface area contributed by atoms with Gasteiger partial charge in [0.15, 0.2) is 11.5 Å². The minimum Gasteiger partial charge on any atom is -0.481 e. The van der Waals surface area contributed by atoms with Gasteiger partial charge in [0, 0.05) is 29.7 Å². The lowest BCUT2D eigenvalue weighted by molar-refractivity contribution is -0.142. The summed E-state index contributed by atoms with van der Waals surface area (Å²) in [6.07, 6.45) is 2.11. The Balaban J connectivity index is 1.53. The minimum absolute atomic E-state index is 0.0424. The number of benzene rings is 1. The van der Waals surface area contributed by atoms with Gasteiger partial charge in [0.2, 0.25) is 0 Å². The molecule has 1 amide bonds. The summed E-state index contributed by atoms with van der Waals surface area (Å²) in [5.41, 5.74) is 0.926. The fourth-order valence-electron chi connectivity index (χ4n) is 3.57. The molecule has 1 saturated carbocycles. The smallest absolute Gasteiger partial charge is 0.308 e. The second-order valence-corrected chi connectivity index (χ2v) is 7.18. The lowest BCUT2D eigenvalue weighted by Gasteiger charge is -2.14. The van der Waals surface area contributed by atoms with Crippen molar-refractivity contribution in [2.24, 2.45) is 17.8 Å². The summed E-state index contributed by atoms with van der Waals surface area (Å²) in [6, 6.07) is 8.67. The molecule has 1 aromatic carbocycles. The molecule has 6 nitrogen and oxygen atoms in total. The Kier molecular flexibility index (Phi) is 4.00. The third kappa shape index (κ3) is 3.14. The molecule has 1 saturated heterocycles. The van der Waals surface area contributed by atoms with Crippen LogP contribution in [0.2, 0.25) is 5.02 Å². The van der Waals surface area contributed by atoms with Gasteiger partial charge >= 0.3 is 5.97 Å². The molecule has 7 heteroatoms. The molecule has 2 fully saturated rings. The first-order valence-electron chi connectivity index (χ1n) is 8.27. The summed E-state index contributed by atoms with van der Waals surface area (Å²) in [6.45, 7) is 0.703. The number of hydrogen-bond acceptors (Lipinski definition) is 4. The molecule has 1 aliphatic heterocycles. The highest BCUT2D eigenvalue weighted by Gasteiger charge is 2.47. The average Bonchev–Trinajstić information content (AvgIpc) is 3.14. The summed E-state index contributed by atoms with van der Waals surface area (Å²) in [5, 5.41) is 13.9. The van der Waals surface area contributed by atoms with E-state index in [0.717, 1.165) is 18.4 Å². The van der Waals surface area contributed by atoms with E-state index < -0.39 is 11.9 Å². The van der Waals surface area contributed by atoms with E-state index in [2.05, 4.69) is 5.16 Å². The van der Waals surface area contributed by atoms with Crippen LogP contribution in [0.15, 0.2) is 34.9 Å². The van der Waals surface area contributed by atoms with Crippen molar-refractivity contribution in [2.75, 3.05) is 13.1 Å². The van der Waals surface area contributed by atoms with E-state index in [-0.39, 0.29) is 24.1 Å². The van der Waals surface area contributed by atoms with E-state index >= 15 is 0 Å². The van der Waals surface area contributed by atoms with Gasteiger partial charge in [-0.2, -0.15) is 0 Å². The quantitative estimate of drug-likeness (QED) is 0.905. The fraction of sp³-hybridized carbons (Fsp3) is 0.389. The van der Waals surface area contributed by atoms with Crippen molar-refractivity contribution in [3.63, 3.8) is 0 Å². The van der Waals surface area contributed by atoms with Crippen LogP contribution in [0.3, 0.4) is 0 Å². The number of aliphatic carboxylic acids is 1. The van der Waals surface area contributed by atoms with Gasteiger partial charge < -0.3 is 14.5 Å². The molecule has 25 heavy (non-hydrogen) atoms. The second kappa shape index (κ2) is 6.19. The van der Waals surface area contributed by atoms with Crippen LogP contribution in [0, 0.1) is 17.8 Å². The number of hydrogen-bond donors (Lipinski definition) is 1. The van der Waals surface area contributed by atoms with E-state index in [1.54, 1.807) is 29.2 Å². The van der Waals surface area contributed by atoms with E-state index in [1.807, 2.05) is 6.07 Å². The third-order valence-corrected chi connectivity index (χ3v) is 5.27. The number of halogens is 1. The highest BCUT2D eigenvalue weighted by atomic mass is 35.5. The summed E-state index contributed by atoms with van der Waals surface area (Å²) >= 11 is 5.97. The molecular formula is C18H17ClN2O4. The van der Waals surface area contributed by atoms with Crippen LogP contribution in [-0.4, -0.2) is 40.1 Å². The Bertz CT molecular complexity index is 830. The fourth-order valence-corrected chi connectivity index (χ4v) is 3.76. The van der Waals surface area contributed by atoms with Crippen molar-refractivity contribution in [3.05, 3.63) is 41.0 Å². The van der Waals surface area contributed by atoms with Crippen LogP contribution >= 0.6 is 11.6 Å². The first kappa shape index (κ1) is 16.1. The molecule has 0 unspecified atom stereocenters. The molecule has 1 aliphatic carbocycles. The Labute approximate surface area is 149 Å². The summed E-state index contributed by atoms with van der Waals surface area (Å²) in [4.78, 5) is 25.8. The normalized spacial score (nSPS) is 23.0. The molecule has 130 valence electrons. The van der Waals surface area contributed by atoms with Gasteiger partial charge in [0.05, 0.1) is 5.92 Å². The molecule has 0 bridgehead atoms. The van der Waals surface area contributed by atoms with Crippen molar-refractivity contribution in [1.82, 2.24) is 10.1 Å². The van der Waals surface area contributed by atoms with E-state index in [1.165, 1.54) is 0 Å². The summed E-state index contributed by atoms with van der Waals surface area (Å²) in [5.74, 6) is -0.674. The maximum absolute atomic E-state index is 12.7. The van der Waals surface area contributed by atoms with Crippen LogP contribution in [0.4, 0.5) is 0 Å². The number of carbonyl (C=O) groups excluding carboxylic acids is 1. The number of carboxylic acid groups (broad SMARTS) is 1. The molecule has 2 heterocycles. The molecule has 4 rings (SSSR count). The topological polar surface area (TPSA) is 83.6 Å². The highest BCUT2D eigenvalue weighted by molar-refractivity contribution is 6.30. The van der Waals surface area contributed by atoms with Crippen LogP contribution in [0.1, 0.15) is 23.3 Å². The van der Waals surface area contributed by atoms with Gasteiger partial charge in [0.25, 0.3) is 5.91 Å². The number of carboxylic acids is 1. The first-order valence-corrected chi connectivity index (χ1v) is 8.65. The zero-order valence-corrected chi connectivity index (χ0v) is 14.1. The monoisotopic (exact) mass is 360 g/mol. The highest BCUT2D eigenvalue weighted by Crippen LogP contribution is 2.44. The van der Waals surface area contributed by atoms with Crippen LogP contribution in [-0.2, 0) is 4.79 Å². The predicted molar refractivity (Wildman–Crippen MR) is 90.2 cm³/mol. The molecule has 0 radical (unpaired) electrons. The Morgan fingerprint density at radius 2 is 2.04 bits per heavy atom. The number of nitrogens with zero attached hydrogens (tertiary/aromatic N) is 2. The molecule has 1 aromatic heterocycles. The lowest BCUT2D eigenvalue weighted by Crippen LogP contribution is -2.30. The van der Waals surface area contributed by atoms with Crippen molar-refractivity contribution in [2.45, 2.75) is 12.8 Å². The molecule has 2 atom stereocenters. The second-order valence-electron chi connectivity index (χ2n) is 6.74. The largest absolute Gasteiger partial charge is 0.481 e. The van der Waals surface area contributed by atoms with E-state index in [9.17, 15) is 14.7 Å². The molecular weight excluding hydrogens is 344 g/mol. The lowest BCUT2D eigenvalue weighted by atomic mass is 9.92. The van der Waals surface area contributed by atoms with E-state index in [0.29, 0.717) is 23.2 Å². The van der Waals surface area contributed by atoms with Gasteiger partial charge in [-0.05, 0) is 36.8 Å². The minimum atomic E-state index is -0.827. The molecule has 0 spiro atoms. The average molecular weight is 361 g/mol. The Morgan fingerprint density at radius 3 is 2.72 bits per heavy atom. The summed E-state index contributed by atoms with van der Waals surface area (Å²) in [7, 11) is 0. The third-order valence-electron chi connectivity index (χ3n) is 5.04. The van der Waals surface area contributed by atoms with Crippen LogP contribution in [0.5, 0.6) is 0 Å². The molecule has 2 aliphatic rings. The van der Waals surface area contributed by atoms with Gasteiger partial charge in [-0.25, -0.2) is 0 Å². The van der Waals surface area contributed by atoms with Gasteiger partial charge in [-0.1, -0.05) is 28.9 Å². The van der Waals surface area contributed by atoms with Crippen LogP contribution < -0.4 is 0 Å².